The second-order valence-electron chi connectivity index (χ2n) is 2.69. The molecule has 0 amide bonds. The molecule has 7 heteroatoms. The predicted octanol–water partition coefficient (Wildman–Crippen LogP) is 1.87. The largest absolute Gasteiger partial charge is 0.416 e. The number of hydrazine groups is 1. The Kier molecular flexibility index (Phi) is 3.35. The number of hydrogen-bond donors (Lipinski definition) is 3. The highest BCUT2D eigenvalue weighted by atomic mass is 32.1. The third kappa shape index (κ3) is 3.62. The number of anilines is 1. The summed E-state index contributed by atoms with van der Waals surface area (Å²) < 4.78 is 36.5. The van der Waals surface area contributed by atoms with Crippen molar-refractivity contribution >= 4 is 23.0 Å². The van der Waals surface area contributed by atoms with E-state index < -0.39 is 11.7 Å². The van der Waals surface area contributed by atoms with E-state index >= 15 is 0 Å². The lowest BCUT2D eigenvalue weighted by Crippen LogP contribution is -2.33. The Bertz CT molecular complexity index is 347. The number of nitrogens with two attached hydrogens (primary N) is 1. The molecular formula is C8H8F3N3S. The lowest BCUT2D eigenvalue weighted by Gasteiger charge is -2.09. The van der Waals surface area contributed by atoms with Crippen molar-refractivity contribution in [2.75, 3.05) is 5.43 Å². The summed E-state index contributed by atoms with van der Waals surface area (Å²) in [7, 11) is 0. The Morgan fingerprint density at radius 1 is 1.20 bits per heavy atom. The van der Waals surface area contributed by atoms with Crippen LogP contribution in [0.2, 0.25) is 0 Å². The smallest absolute Gasteiger partial charge is 0.375 e. The molecule has 0 aromatic heterocycles. The van der Waals surface area contributed by atoms with E-state index in [1.54, 1.807) is 0 Å². The van der Waals surface area contributed by atoms with Gasteiger partial charge in [-0.1, -0.05) is 0 Å². The minimum atomic E-state index is -4.32. The van der Waals surface area contributed by atoms with E-state index in [0.717, 1.165) is 12.1 Å². The lowest BCUT2D eigenvalue weighted by molar-refractivity contribution is -0.137. The van der Waals surface area contributed by atoms with Crippen LogP contribution in [0.3, 0.4) is 0 Å². The molecule has 0 heterocycles. The Balaban J connectivity index is 2.69. The van der Waals surface area contributed by atoms with Gasteiger partial charge in [0.15, 0.2) is 5.11 Å². The van der Waals surface area contributed by atoms with Crippen LogP contribution in [0.1, 0.15) is 5.56 Å². The minimum absolute atomic E-state index is 0.00916. The maximum Gasteiger partial charge on any atom is 0.416 e. The van der Waals surface area contributed by atoms with Crippen LogP contribution in [-0.4, -0.2) is 5.11 Å². The van der Waals surface area contributed by atoms with Crippen molar-refractivity contribution in [1.29, 1.82) is 0 Å². The zero-order valence-electron chi connectivity index (χ0n) is 7.43. The fourth-order valence-electron chi connectivity index (χ4n) is 0.876. The van der Waals surface area contributed by atoms with Crippen molar-refractivity contribution in [2.45, 2.75) is 6.18 Å². The summed E-state index contributed by atoms with van der Waals surface area (Å²) in [6.45, 7) is 0. The second kappa shape index (κ2) is 4.35. The molecule has 0 unspecified atom stereocenters. The minimum Gasteiger partial charge on any atom is -0.375 e. The van der Waals surface area contributed by atoms with Gasteiger partial charge in [0.25, 0.3) is 0 Å². The summed E-state index contributed by atoms with van der Waals surface area (Å²) in [6.07, 6.45) is -4.32. The molecule has 0 spiro atoms. The van der Waals surface area contributed by atoms with Crippen molar-refractivity contribution in [2.24, 2.45) is 5.73 Å². The summed E-state index contributed by atoms with van der Waals surface area (Å²) >= 11 is 4.50. The topological polar surface area (TPSA) is 50.1 Å². The molecule has 1 rings (SSSR count). The first kappa shape index (κ1) is 11.6. The fourth-order valence-corrected chi connectivity index (χ4v) is 0.927. The van der Waals surface area contributed by atoms with Crippen LogP contribution in [0.15, 0.2) is 24.3 Å². The van der Waals surface area contributed by atoms with Gasteiger partial charge in [-0.05, 0) is 36.5 Å². The first-order valence-electron chi connectivity index (χ1n) is 3.88. The molecule has 0 aliphatic rings. The summed E-state index contributed by atoms with van der Waals surface area (Å²) in [5, 5.41) is 0.00916. The average Bonchev–Trinajstić information content (AvgIpc) is 2.14. The summed E-state index contributed by atoms with van der Waals surface area (Å²) in [6, 6.07) is 4.47. The molecule has 1 aromatic rings. The van der Waals surface area contributed by atoms with Crippen molar-refractivity contribution in [3.63, 3.8) is 0 Å². The molecular weight excluding hydrogens is 227 g/mol. The van der Waals surface area contributed by atoms with Gasteiger partial charge in [0.1, 0.15) is 0 Å². The van der Waals surface area contributed by atoms with E-state index in [2.05, 4.69) is 23.1 Å². The molecule has 0 saturated carbocycles. The lowest BCUT2D eigenvalue weighted by atomic mass is 10.2. The van der Waals surface area contributed by atoms with Gasteiger partial charge in [0, 0.05) is 0 Å². The number of nitrogens with one attached hydrogen (secondary N) is 2. The highest BCUT2D eigenvalue weighted by Gasteiger charge is 2.29. The van der Waals surface area contributed by atoms with Crippen LogP contribution in [0, 0.1) is 0 Å². The molecule has 0 bridgehead atoms. The van der Waals surface area contributed by atoms with Crippen molar-refractivity contribution in [3.05, 3.63) is 29.8 Å². The van der Waals surface area contributed by atoms with E-state index in [0.29, 0.717) is 5.69 Å². The highest BCUT2D eigenvalue weighted by Crippen LogP contribution is 2.29. The third-order valence-corrected chi connectivity index (χ3v) is 1.64. The maximum absolute atomic E-state index is 12.2. The van der Waals surface area contributed by atoms with Gasteiger partial charge in [0.2, 0.25) is 0 Å². The molecule has 3 nitrogen and oxygen atoms in total. The van der Waals surface area contributed by atoms with Crippen LogP contribution >= 0.6 is 12.2 Å². The van der Waals surface area contributed by atoms with Gasteiger partial charge in [-0.25, -0.2) is 0 Å². The fraction of sp³-hybridized carbons (Fsp3) is 0.125. The van der Waals surface area contributed by atoms with Gasteiger partial charge in [-0.3, -0.25) is 10.9 Å². The van der Waals surface area contributed by atoms with Crippen molar-refractivity contribution < 1.29 is 13.2 Å². The first-order chi connectivity index (χ1) is 6.89. The number of thiocarbonyl (C=S) groups is 1. The molecule has 0 aliphatic heterocycles. The quantitative estimate of drug-likeness (QED) is 0.541. The van der Waals surface area contributed by atoms with Crippen LogP contribution in [-0.2, 0) is 6.18 Å². The third-order valence-electron chi connectivity index (χ3n) is 1.54. The predicted molar refractivity (Wildman–Crippen MR) is 55.0 cm³/mol. The van der Waals surface area contributed by atoms with Crippen molar-refractivity contribution in [3.8, 4) is 0 Å². The second-order valence-corrected chi connectivity index (χ2v) is 3.13. The Morgan fingerprint density at radius 3 is 2.13 bits per heavy atom. The highest BCUT2D eigenvalue weighted by molar-refractivity contribution is 7.80. The Hall–Kier alpha value is -1.50. The summed E-state index contributed by atoms with van der Waals surface area (Å²) in [5.41, 5.74) is 9.79. The van der Waals surface area contributed by atoms with Gasteiger partial charge >= 0.3 is 6.18 Å². The molecule has 0 aliphatic carbocycles. The van der Waals surface area contributed by atoms with Crippen LogP contribution in [0.5, 0.6) is 0 Å². The van der Waals surface area contributed by atoms with Gasteiger partial charge in [-0.2, -0.15) is 13.2 Å². The van der Waals surface area contributed by atoms with E-state index in [9.17, 15) is 13.2 Å². The molecule has 0 fully saturated rings. The number of rotatable bonds is 2. The summed E-state index contributed by atoms with van der Waals surface area (Å²) in [5.74, 6) is 0. The monoisotopic (exact) mass is 235 g/mol. The summed E-state index contributed by atoms with van der Waals surface area (Å²) in [4.78, 5) is 0. The van der Waals surface area contributed by atoms with E-state index in [4.69, 9.17) is 5.73 Å². The molecule has 0 radical (unpaired) electrons. The van der Waals surface area contributed by atoms with Gasteiger partial charge in [0.05, 0.1) is 11.3 Å². The standard InChI is InChI=1S/C8H8F3N3S/c9-8(10,11)5-1-3-6(4-2-5)13-14-7(12)15/h1-4,13H,(H3,12,14,15). The van der Waals surface area contributed by atoms with Crippen molar-refractivity contribution in [1.82, 2.24) is 5.43 Å². The first-order valence-corrected chi connectivity index (χ1v) is 4.29. The molecule has 0 saturated heterocycles. The molecule has 4 N–H and O–H groups in total. The molecule has 15 heavy (non-hydrogen) atoms. The van der Waals surface area contributed by atoms with Gasteiger partial charge in [-0.15, -0.1) is 0 Å². The zero-order valence-corrected chi connectivity index (χ0v) is 8.25. The van der Waals surface area contributed by atoms with Gasteiger partial charge < -0.3 is 5.73 Å². The molecule has 1 aromatic carbocycles. The normalized spacial score (nSPS) is 10.9. The SMILES string of the molecule is NC(=S)NNc1ccc(C(F)(F)F)cc1. The Morgan fingerprint density at radius 2 is 1.73 bits per heavy atom. The zero-order chi connectivity index (χ0) is 11.5. The van der Waals surface area contributed by atoms with Crippen LogP contribution in [0.4, 0.5) is 18.9 Å². The van der Waals surface area contributed by atoms with Crippen LogP contribution in [0.25, 0.3) is 0 Å². The molecule has 82 valence electrons. The van der Waals surface area contributed by atoms with E-state index in [-0.39, 0.29) is 5.11 Å². The number of benzene rings is 1. The molecule has 0 atom stereocenters. The average molecular weight is 235 g/mol. The number of hydrogen-bond acceptors (Lipinski definition) is 2. The number of halogens is 3. The number of alkyl halides is 3. The van der Waals surface area contributed by atoms with E-state index in [1.165, 1.54) is 12.1 Å². The van der Waals surface area contributed by atoms with E-state index in [1.807, 2.05) is 0 Å². The van der Waals surface area contributed by atoms with Crippen LogP contribution < -0.4 is 16.6 Å². The Labute approximate surface area is 89.4 Å². The maximum atomic E-state index is 12.2.